The fourth-order valence-corrected chi connectivity index (χ4v) is 3.79. The zero-order chi connectivity index (χ0) is 15.1. The Kier molecular flexibility index (Phi) is 3.85. The Morgan fingerprint density at radius 2 is 1.90 bits per heavy atom. The van der Waals surface area contributed by atoms with Gasteiger partial charge in [0.1, 0.15) is 0 Å². The van der Waals surface area contributed by atoms with Crippen molar-refractivity contribution in [1.29, 1.82) is 0 Å². The minimum Gasteiger partial charge on any atom is -0.377 e. The third kappa shape index (κ3) is 2.75. The van der Waals surface area contributed by atoms with Crippen LogP contribution in [0.15, 0.2) is 30.3 Å². The molecule has 1 N–H and O–H groups in total. The molecule has 3 atom stereocenters. The molecule has 0 amide bonds. The summed E-state index contributed by atoms with van der Waals surface area (Å²) in [6.45, 7) is 12.1. The predicted octanol–water partition coefficient (Wildman–Crippen LogP) is 2.98. The molecule has 2 aliphatic heterocycles. The maximum Gasteiger partial charge on any atom is 0.0729 e. The van der Waals surface area contributed by atoms with Crippen LogP contribution < -0.4 is 5.32 Å². The molecule has 0 radical (unpaired) electrons. The Balaban J connectivity index is 1.95. The molecule has 0 saturated carbocycles. The molecule has 1 aromatic carbocycles. The highest BCUT2D eigenvalue weighted by atomic mass is 16.5. The summed E-state index contributed by atoms with van der Waals surface area (Å²) < 4.78 is 5.91. The number of nitrogens with one attached hydrogen (secondary N) is 1. The van der Waals surface area contributed by atoms with E-state index in [0.29, 0.717) is 6.04 Å². The molecule has 3 unspecified atom stereocenters. The summed E-state index contributed by atoms with van der Waals surface area (Å²) in [5.41, 5.74) is 1.68. The molecule has 0 spiro atoms. The maximum atomic E-state index is 5.91. The molecular formula is C18H28N2O. The third-order valence-electron chi connectivity index (χ3n) is 5.41. The number of ether oxygens (including phenoxy) is 1. The van der Waals surface area contributed by atoms with Gasteiger partial charge in [0, 0.05) is 36.8 Å². The lowest BCUT2D eigenvalue weighted by Crippen LogP contribution is -2.65. The molecule has 0 aliphatic carbocycles. The van der Waals surface area contributed by atoms with Gasteiger partial charge in [-0.25, -0.2) is 0 Å². The predicted molar refractivity (Wildman–Crippen MR) is 86.4 cm³/mol. The largest absolute Gasteiger partial charge is 0.377 e. The van der Waals surface area contributed by atoms with Gasteiger partial charge in [-0.2, -0.15) is 0 Å². The van der Waals surface area contributed by atoms with Crippen molar-refractivity contribution in [2.24, 2.45) is 0 Å². The first kappa shape index (κ1) is 15.0. The van der Waals surface area contributed by atoms with Crippen molar-refractivity contribution in [2.45, 2.75) is 57.3 Å². The van der Waals surface area contributed by atoms with Crippen LogP contribution in [0.4, 0.5) is 0 Å². The van der Waals surface area contributed by atoms with Crippen molar-refractivity contribution in [1.82, 2.24) is 10.2 Å². The number of piperazine rings is 1. The van der Waals surface area contributed by atoms with Crippen molar-refractivity contribution in [3.63, 3.8) is 0 Å². The molecule has 2 saturated heterocycles. The molecule has 2 aliphatic rings. The summed E-state index contributed by atoms with van der Waals surface area (Å²) in [7, 11) is 0. The first-order valence-corrected chi connectivity index (χ1v) is 8.11. The van der Waals surface area contributed by atoms with Gasteiger partial charge in [0.2, 0.25) is 0 Å². The van der Waals surface area contributed by atoms with E-state index in [4.69, 9.17) is 4.74 Å². The number of rotatable bonds is 2. The summed E-state index contributed by atoms with van der Waals surface area (Å²) in [5, 5.41) is 3.71. The highest BCUT2D eigenvalue weighted by Crippen LogP contribution is 2.40. The number of benzene rings is 1. The number of hydrogen-bond donors (Lipinski definition) is 1. The lowest BCUT2D eigenvalue weighted by atomic mass is 9.84. The van der Waals surface area contributed by atoms with Crippen LogP contribution in [0.3, 0.4) is 0 Å². The van der Waals surface area contributed by atoms with E-state index in [2.05, 4.69) is 68.2 Å². The van der Waals surface area contributed by atoms with Gasteiger partial charge in [-0.1, -0.05) is 30.3 Å². The van der Waals surface area contributed by atoms with Crippen molar-refractivity contribution < 1.29 is 4.74 Å². The number of hydrogen-bond acceptors (Lipinski definition) is 3. The van der Waals surface area contributed by atoms with E-state index >= 15 is 0 Å². The Bertz CT molecular complexity index is 487. The zero-order valence-corrected chi connectivity index (χ0v) is 13.7. The second-order valence-corrected chi connectivity index (χ2v) is 7.44. The van der Waals surface area contributed by atoms with Gasteiger partial charge in [-0.3, -0.25) is 4.90 Å². The van der Waals surface area contributed by atoms with Gasteiger partial charge in [0.15, 0.2) is 0 Å². The van der Waals surface area contributed by atoms with Crippen LogP contribution in [0.2, 0.25) is 0 Å². The van der Waals surface area contributed by atoms with Crippen LogP contribution in [0, 0.1) is 0 Å². The van der Waals surface area contributed by atoms with Crippen LogP contribution in [-0.2, 0) is 4.74 Å². The second-order valence-electron chi connectivity index (χ2n) is 7.44. The standard InChI is InChI=1S/C18H28N2O/c1-14-18(4,10-11-21-14)20-13-17(2,3)19-12-16(20)15-8-6-5-7-9-15/h5-9,14,16,19H,10-13H2,1-4H3. The van der Waals surface area contributed by atoms with Gasteiger partial charge >= 0.3 is 0 Å². The topological polar surface area (TPSA) is 24.5 Å². The molecule has 3 nitrogen and oxygen atoms in total. The second kappa shape index (κ2) is 5.38. The smallest absolute Gasteiger partial charge is 0.0729 e. The quantitative estimate of drug-likeness (QED) is 0.905. The minimum absolute atomic E-state index is 0.125. The van der Waals surface area contributed by atoms with E-state index in [0.717, 1.165) is 26.1 Å². The summed E-state index contributed by atoms with van der Waals surface area (Å²) >= 11 is 0. The lowest BCUT2D eigenvalue weighted by molar-refractivity contribution is -0.0383. The van der Waals surface area contributed by atoms with E-state index in [9.17, 15) is 0 Å². The Morgan fingerprint density at radius 1 is 1.19 bits per heavy atom. The van der Waals surface area contributed by atoms with Crippen molar-refractivity contribution in [3.8, 4) is 0 Å². The van der Waals surface area contributed by atoms with Gasteiger partial charge in [-0.15, -0.1) is 0 Å². The minimum atomic E-state index is 0.125. The molecule has 2 fully saturated rings. The average Bonchev–Trinajstić information content (AvgIpc) is 2.80. The summed E-state index contributed by atoms with van der Waals surface area (Å²) in [6.07, 6.45) is 1.41. The van der Waals surface area contributed by atoms with E-state index in [1.807, 2.05) is 0 Å². The molecule has 1 aromatic rings. The third-order valence-corrected chi connectivity index (χ3v) is 5.41. The molecule has 3 heteroatoms. The Morgan fingerprint density at radius 3 is 2.52 bits per heavy atom. The van der Waals surface area contributed by atoms with Crippen LogP contribution in [0.5, 0.6) is 0 Å². The number of nitrogens with zero attached hydrogens (tertiary/aromatic N) is 1. The molecule has 3 rings (SSSR count). The molecule has 21 heavy (non-hydrogen) atoms. The lowest BCUT2D eigenvalue weighted by Gasteiger charge is -2.53. The first-order chi connectivity index (χ1) is 9.92. The van der Waals surface area contributed by atoms with Gasteiger partial charge in [0.05, 0.1) is 6.10 Å². The van der Waals surface area contributed by atoms with E-state index in [-0.39, 0.29) is 17.2 Å². The Hall–Kier alpha value is -0.900. The van der Waals surface area contributed by atoms with Crippen LogP contribution in [-0.4, -0.2) is 41.8 Å². The maximum absolute atomic E-state index is 5.91. The first-order valence-electron chi connectivity index (χ1n) is 8.11. The molecular weight excluding hydrogens is 260 g/mol. The fraction of sp³-hybridized carbons (Fsp3) is 0.667. The van der Waals surface area contributed by atoms with E-state index in [1.165, 1.54) is 5.56 Å². The average molecular weight is 288 g/mol. The van der Waals surface area contributed by atoms with Crippen molar-refractivity contribution in [3.05, 3.63) is 35.9 Å². The van der Waals surface area contributed by atoms with Gasteiger partial charge in [-0.05, 0) is 39.7 Å². The Labute approximate surface area is 128 Å². The van der Waals surface area contributed by atoms with E-state index in [1.54, 1.807) is 0 Å². The SMILES string of the molecule is CC1OCCC1(C)N1CC(C)(C)NCC1c1ccccc1. The highest BCUT2D eigenvalue weighted by molar-refractivity contribution is 5.22. The monoisotopic (exact) mass is 288 g/mol. The normalized spacial score (nSPS) is 36.8. The molecule has 116 valence electrons. The van der Waals surface area contributed by atoms with E-state index < -0.39 is 0 Å². The van der Waals surface area contributed by atoms with Gasteiger partial charge in [0.25, 0.3) is 0 Å². The van der Waals surface area contributed by atoms with Gasteiger partial charge < -0.3 is 10.1 Å². The summed E-state index contributed by atoms with van der Waals surface area (Å²) in [6, 6.07) is 11.3. The van der Waals surface area contributed by atoms with Crippen molar-refractivity contribution in [2.75, 3.05) is 19.7 Å². The fourth-order valence-electron chi connectivity index (χ4n) is 3.79. The summed E-state index contributed by atoms with van der Waals surface area (Å²) in [4.78, 5) is 2.69. The van der Waals surface area contributed by atoms with Crippen LogP contribution in [0.1, 0.15) is 45.7 Å². The van der Waals surface area contributed by atoms with Crippen molar-refractivity contribution >= 4 is 0 Å². The van der Waals surface area contributed by atoms with Crippen LogP contribution in [0.25, 0.3) is 0 Å². The molecule has 2 heterocycles. The zero-order valence-electron chi connectivity index (χ0n) is 13.7. The summed E-state index contributed by atoms with van der Waals surface area (Å²) in [5.74, 6) is 0. The molecule has 0 bridgehead atoms. The molecule has 0 aromatic heterocycles. The highest BCUT2D eigenvalue weighted by Gasteiger charge is 2.48. The van der Waals surface area contributed by atoms with Crippen LogP contribution >= 0.6 is 0 Å².